The molecule has 0 spiro atoms. The maximum Gasteiger partial charge on any atom is 0.131 e. The Balaban J connectivity index is 1.94. The van der Waals surface area contributed by atoms with Crippen molar-refractivity contribution in [2.24, 2.45) is 11.3 Å². The molecule has 3 heteroatoms. The van der Waals surface area contributed by atoms with E-state index in [4.69, 9.17) is 11.6 Å². The monoisotopic (exact) mass is 224 g/mol. The predicted octanol–water partition coefficient (Wildman–Crippen LogP) is 3.58. The summed E-state index contributed by atoms with van der Waals surface area (Å²) in [5.74, 6) is 1.62. The van der Waals surface area contributed by atoms with Crippen molar-refractivity contribution < 1.29 is 0 Å². The molecule has 0 amide bonds. The summed E-state index contributed by atoms with van der Waals surface area (Å²) in [4.78, 5) is 4.22. The topological polar surface area (TPSA) is 24.9 Å². The van der Waals surface area contributed by atoms with Crippen LogP contribution < -0.4 is 5.32 Å². The van der Waals surface area contributed by atoms with Crippen LogP contribution >= 0.6 is 11.6 Å². The first-order valence-electron chi connectivity index (χ1n) is 5.49. The highest BCUT2D eigenvalue weighted by atomic mass is 35.5. The van der Waals surface area contributed by atoms with Gasteiger partial charge in [-0.3, -0.25) is 0 Å². The van der Waals surface area contributed by atoms with Gasteiger partial charge >= 0.3 is 0 Å². The molecule has 2 nitrogen and oxygen atoms in total. The van der Waals surface area contributed by atoms with Crippen LogP contribution in [0.25, 0.3) is 0 Å². The van der Waals surface area contributed by atoms with Crippen LogP contribution in [0.3, 0.4) is 0 Å². The zero-order valence-corrected chi connectivity index (χ0v) is 10.0. The largest absolute Gasteiger partial charge is 0.369 e. The van der Waals surface area contributed by atoms with E-state index in [2.05, 4.69) is 24.1 Å². The Kier molecular flexibility index (Phi) is 2.87. The zero-order chi connectivity index (χ0) is 10.9. The Labute approximate surface area is 96.1 Å². The molecule has 0 radical (unpaired) electrons. The molecule has 1 aliphatic rings. The van der Waals surface area contributed by atoms with Gasteiger partial charge in [-0.2, -0.15) is 0 Å². The van der Waals surface area contributed by atoms with Gasteiger partial charge in [0.2, 0.25) is 0 Å². The Morgan fingerprint density at radius 1 is 1.47 bits per heavy atom. The molecule has 1 heterocycles. The van der Waals surface area contributed by atoms with Crippen molar-refractivity contribution >= 4 is 17.4 Å². The molecular formula is C12H17ClN2. The van der Waals surface area contributed by atoms with Gasteiger partial charge in [0.05, 0.1) is 0 Å². The molecule has 1 saturated carbocycles. The van der Waals surface area contributed by atoms with Crippen molar-refractivity contribution in [3.63, 3.8) is 0 Å². The van der Waals surface area contributed by atoms with Crippen molar-refractivity contribution in [3.05, 3.63) is 23.4 Å². The van der Waals surface area contributed by atoms with Crippen molar-refractivity contribution in [1.29, 1.82) is 0 Å². The number of anilines is 1. The van der Waals surface area contributed by atoms with Gasteiger partial charge in [0, 0.05) is 6.54 Å². The highest BCUT2D eigenvalue weighted by Crippen LogP contribution is 2.51. The molecule has 0 aliphatic heterocycles. The first kappa shape index (κ1) is 10.7. The summed E-state index contributed by atoms with van der Waals surface area (Å²) in [5.41, 5.74) is 0.504. The molecule has 1 aliphatic carbocycles. The van der Waals surface area contributed by atoms with E-state index in [1.165, 1.54) is 12.8 Å². The second-order valence-electron chi connectivity index (χ2n) is 4.72. The average molecular weight is 225 g/mol. The molecule has 15 heavy (non-hydrogen) atoms. The summed E-state index contributed by atoms with van der Waals surface area (Å²) in [6.45, 7) is 5.60. The summed E-state index contributed by atoms with van der Waals surface area (Å²) in [7, 11) is 0. The van der Waals surface area contributed by atoms with E-state index in [9.17, 15) is 0 Å². The lowest BCUT2D eigenvalue weighted by atomic mass is 9.92. The fourth-order valence-electron chi connectivity index (χ4n) is 1.89. The summed E-state index contributed by atoms with van der Waals surface area (Å²) in [5, 5.41) is 3.92. The lowest BCUT2D eigenvalue weighted by molar-refractivity contribution is 0.380. The second kappa shape index (κ2) is 4.01. The highest BCUT2D eigenvalue weighted by molar-refractivity contribution is 6.29. The number of halogens is 1. The van der Waals surface area contributed by atoms with Gasteiger partial charge < -0.3 is 5.32 Å². The molecule has 0 atom stereocenters. The van der Waals surface area contributed by atoms with Gasteiger partial charge in [0.25, 0.3) is 0 Å². The molecule has 0 bridgehead atoms. The van der Waals surface area contributed by atoms with Gasteiger partial charge in [0.1, 0.15) is 11.0 Å². The SMILES string of the molecule is CC(C)C1(CNc2cccc(Cl)n2)CC1. The molecule has 82 valence electrons. The van der Waals surface area contributed by atoms with Crippen LogP contribution in [0.4, 0.5) is 5.82 Å². The van der Waals surface area contributed by atoms with Crippen LogP contribution in [0.5, 0.6) is 0 Å². The standard InChI is InChI=1S/C12H17ClN2/c1-9(2)12(6-7-12)8-14-11-5-3-4-10(13)15-11/h3-5,9H,6-8H2,1-2H3,(H,14,15). The van der Waals surface area contributed by atoms with Gasteiger partial charge in [-0.05, 0) is 36.3 Å². The number of pyridine rings is 1. The molecule has 2 rings (SSSR count). The lowest BCUT2D eigenvalue weighted by Crippen LogP contribution is -2.21. The quantitative estimate of drug-likeness (QED) is 0.791. The van der Waals surface area contributed by atoms with Crippen LogP contribution in [0, 0.1) is 11.3 Å². The predicted molar refractivity (Wildman–Crippen MR) is 64.2 cm³/mol. The van der Waals surface area contributed by atoms with Gasteiger partial charge in [-0.1, -0.05) is 31.5 Å². The third-order valence-electron chi connectivity index (χ3n) is 3.45. The zero-order valence-electron chi connectivity index (χ0n) is 9.26. The molecule has 0 unspecified atom stereocenters. The van der Waals surface area contributed by atoms with E-state index in [0.717, 1.165) is 18.3 Å². The number of rotatable bonds is 4. The normalized spacial score (nSPS) is 17.9. The van der Waals surface area contributed by atoms with E-state index in [1.807, 2.05) is 12.1 Å². The van der Waals surface area contributed by atoms with Crippen LogP contribution in [0.15, 0.2) is 18.2 Å². The molecule has 0 saturated heterocycles. The molecule has 1 aromatic rings. The summed E-state index contributed by atoms with van der Waals surface area (Å²) >= 11 is 5.82. The minimum Gasteiger partial charge on any atom is -0.369 e. The van der Waals surface area contributed by atoms with Crippen molar-refractivity contribution in [3.8, 4) is 0 Å². The summed E-state index contributed by atoms with van der Waals surface area (Å²) in [6, 6.07) is 5.68. The fourth-order valence-corrected chi connectivity index (χ4v) is 2.06. The number of hydrogen-bond donors (Lipinski definition) is 1. The Hall–Kier alpha value is -0.760. The number of aromatic nitrogens is 1. The van der Waals surface area contributed by atoms with Crippen molar-refractivity contribution in [2.75, 3.05) is 11.9 Å². The summed E-state index contributed by atoms with van der Waals surface area (Å²) in [6.07, 6.45) is 2.66. The maximum absolute atomic E-state index is 5.82. The fraction of sp³-hybridized carbons (Fsp3) is 0.583. The molecular weight excluding hydrogens is 208 g/mol. The van der Waals surface area contributed by atoms with Crippen LogP contribution in [0.2, 0.25) is 5.15 Å². The molecule has 1 N–H and O–H groups in total. The maximum atomic E-state index is 5.82. The van der Waals surface area contributed by atoms with Gasteiger partial charge in [0.15, 0.2) is 0 Å². The van der Waals surface area contributed by atoms with E-state index < -0.39 is 0 Å². The second-order valence-corrected chi connectivity index (χ2v) is 5.10. The third kappa shape index (κ3) is 2.43. The number of nitrogens with zero attached hydrogens (tertiary/aromatic N) is 1. The number of nitrogens with one attached hydrogen (secondary N) is 1. The van der Waals surface area contributed by atoms with E-state index in [1.54, 1.807) is 6.07 Å². The first-order valence-corrected chi connectivity index (χ1v) is 5.87. The smallest absolute Gasteiger partial charge is 0.131 e. The molecule has 0 aromatic carbocycles. The van der Waals surface area contributed by atoms with Crippen molar-refractivity contribution in [2.45, 2.75) is 26.7 Å². The lowest BCUT2D eigenvalue weighted by Gasteiger charge is -2.20. The molecule has 1 aromatic heterocycles. The van der Waals surface area contributed by atoms with Crippen LogP contribution in [0.1, 0.15) is 26.7 Å². The average Bonchev–Trinajstić information content (AvgIpc) is 2.96. The highest BCUT2D eigenvalue weighted by Gasteiger charge is 2.44. The number of hydrogen-bond acceptors (Lipinski definition) is 2. The van der Waals surface area contributed by atoms with Gasteiger partial charge in [-0.25, -0.2) is 4.98 Å². The third-order valence-corrected chi connectivity index (χ3v) is 3.66. The first-order chi connectivity index (χ1) is 7.12. The van der Waals surface area contributed by atoms with Crippen molar-refractivity contribution in [1.82, 2.24) is 4.98 Å². The Morgan fingerprint density at radius 3 is 2.73 bits per heavy atom. The molecule has 1 fully saturated rings. The van der Waals surface area contributed by atoms with E-state index in [0.29, 0.717) is 10.6 Å². The van der Waals surface area contributed by atoms with Gasteiger partial charge in [-0.15, -0.1) is 0 Å². The Bertz CT molecular complexity index is 345. The van der Waals surface area contributed by atoms with Crippen LogP contribution in [-0.4, -0.2) is 11.5 Å². The minimum atomic E-state index is 0.504. The van der Waals surface area contributed by atoms with E-state index >= 15 is 0 Å². The minimum absolute atomic E-state index is 0.504. The van der Waals surface area contributed by atoms with Crippen LogP contribution in [-0.2, 0) is 0 Å². The van der Waals surface area contributed by atoms with E-state index in [-0.39, 0.29) is 0 Å². The summed E-state index contributed by atoms with van der Waals surface area (Å²) < 4.78 is 0. The Morgan fingerprint density at radius 2 is 2.20 bits per heavy atom.